The Labute approximate surface area is 129 Å². The van der Waals surface area contributed by atoms with Crippen molar-refractivity contribution in [2.75, 3.05) is 19.7 Å². The second-order valence-corrected chi connectivity index (χ2v) is 5.73. The van der Waals surface area contributed by atoms with Crippen LogP contribution in [0.1, 0.15) is 25.5 Å². The molecule has 0 bridgehead atoms. The summed E-state index contributed by atoms with van der Waals surface area (Å²) in [6, 6.07) is 7.25. The van der Waals surface area contributed by atoms with Crippen molar-refractivity contribution in [2.24, 2.45) is 0 Å². The van der Waals surface area contributed by atoms with Crippen molar-refractivity contribution in [1.29, 1.82) is 0 Å². The maximum absolute atomic E-state index is 12.1. The minimum absolute atomic E-state index is 0.0606. The smallest absolute Gasteiger partial charge is 0.312 e. The first kappa shape index (κ1) is 15.8. The lowest BCUT2D eigenvalue weighted by Crippen LogP contribution is -2.49. The summed E-state index contributed by atoms with van der Waals surface area (Å²) < 4.78 is 5.68. The fraction of sp³-hybridized carbons (Fsp3) is 0.467. The van der Waals surface area contributed by atoms with Crippen LogP contribution in [0.5, 0.6) is 0 Å². The van der Waals surface area contributed by atoms with Crippen LogP contribution < -0.4 is 5.32 Å². The lowest BCUT2D eigenvalue weighted by Gasteiger charge is -2.32. The van der Waals surface area contributed by atoms with Gasteiger partial charge in [-0.3, -0.25) is 9.59 Å². The number of hydrogen-bond donors (Lipinski definition) is 1. The molecule has 1 atom stereocenters. The molecular formula is C15H19ClN2O3. The Bertz CT molecular complexity index is 516. The standard InChI is InChI=1S/C15H19ClN2O3/c1-10(2)17-14(19)15(20)18-7-8-21-13(9-18)11-3-5-12(16)6-4-11/h3-6,10,13H,7-9H2,1-2H3,(H,17,19)/t13-/m1/s1. The number of nitrogens with zero attached hydrogens (tertiary/aromatic N) is 1. The molecule has 1 aliphatic heterocycles. The molecule has 1 fully saturated rings. The van der Waals surface area contributed by atoms with Crippen molar-refractivity contribution in [3.05, 3.63) is 34.9 Å². The van der Waals surface area contributed by atoms with Crippen LogP contribution in [0, 0.1) is 0 Å². The van der Waals surface area contributed by atoms with E-state index in [0.29, 0.717) is 24.7 Å². The number of rotatable bonds is 2. The SMILES string of the molecule is CC(C)NC(=O)C(=O)N1CCO[C@@H](c2ccc(Cl)cc2)C1. The Morgan fingerprint density at radius 1 is 1.33 bits per heavy atom. The number of carbonyl (C=O) groups is 2. The normalized spacial score (nSPS) is 18.7. The summed E-state index contributed by atoms with van der Waals surface area (Å²) in [5.74, 6) is -1.08. The number of benzene rings is 1. The largest absolute Gasteiger partial charge is 0.370 e. The summed E-state index contributed by atoms with van der Waals surface area (Å²) in [5, 5.41) is 3.27. The molecule has 0 unspecified atom stereocenters. The van der Waals surface area contributed by atoms with Gasteiger partial charge in [0.05, 0.1) is 13.2 Å². The summed E-state index contributed by atoms with van der Waals surface area (Å²) in [6.07, 6.45) is -0.230. The molecule has 0 radical (unpaired) electrons. The van der Waals surface area contributed by atoms with E-state index in [-0.39, 0.29) is 12.1 Å². The van der Waals surface area contributed by atoms with E-state index in [4.69, 9.17) is 16.3 Å². The van der Waals surface area contributed by atoms with Gasteiger partial charge in [0.2, 0.25) is 0 Å². The Morgan fingerprint density at radius 3 is 2.62 bits per heavy atom. The zero-order valence-electron chi connectivity index (χ0n) is 12.1. The van der Waals surface area contributed by atoms with Gasteiger partial charge in [-0.15, -0.1) is 0 Å². The average Bonchev–Trinajstić information content (AvgIpc) is 2.46. The highest BCUT2D eigenvalue weighted by Gasteiger charge is 2.29. The topological polar surface area (TPSA) is 58.6 Å². The van der Waals surface area contributed by atoms with Crippen LogP contribution in [0.2, 0.25) is 5.02 Å². The molecule has 2 rings (SSSR count). The van der Waals surface area contributed by atoms with Crippen molar-refractivity contribution < 1.29 is 14.3 Å². The fourth-order valence-corrected chi connectivity index (χ4v) is 2.31. The molecule has 6 heteroatoms. The molecule has 1 saturated heterocycles. The molecule has 1 aromatic carbocycles. The Hall–Kier alpha value is -1.59. The van der Waals surface area contributed by atoms with Gasteiger partial charge < -0.3 is 15.0 Å². The molecule has 0 saturated carbocycles. The van der Waals surface area contributed by atoms with Crippen LogP contribution in [-0.2, 0) is 14.3 Å². The lowest BCUT2D eigenvalue weighted by atomic mass is 10.1. The quantitative estimate of drug-likeness (QED) is 0.847. The summed E-state index contributed by atoms with van der Waals surface area (Å²) in [7, 11) is 0. The first-order chi connectivity index (χ1) is 9.97. The van der Waals surface area contributed by atoms with Gasteiger partial charge in [-0.2, -0.15) is 0 Å². The fourth-order valence-electron chi connectivity index (χ4n) is 2.18. The van der Waals surface area contributed by atoms with Gasteiger partial charge in [0.15, 0.2) is 0 Å². The highest BCUT2D eigenvalue weighted by atomic mass is 35.5. The van der Waals surface area contributed by atoms with E-state index in [0.717, 1.165) is 5.56 Å². The van der Waals surface area contributed by atoms with Crippen LogP contribution in [-0.4, -0.2) is 42.5 Å². The first-order valence-corrected chi connectivity index (χ1v) is 7.32. The van der Waals surface area contributed by atoms with Crippen LogP contribution in [0.4, 0.5) is 0 Å². The summed E-state index contributed by atoms with van der Waals surface area (Å²) in [5.41, 5.74) is 0.946. The molecule has 0 aromatic heterocycles. The van der Waals surface area contributed by atoms with E-state index >= 15 is 0 Å². The summed E-state index contributed by atoms with van der Waals surface area (Å²) in [4.78, 5) is 25.4. The minimum atomic E-state index is -0.568. The number of halogens is 1. The molecule has 0 aliphatic carbocycles. The third kappa shape index (κ3) is 4.19. The van der Waals surface area contributed by atoms with Crippen molar-refractivity contribution in [3.8, 4) is 0 Å². The van der Waals surface area contributed by atoms with E-state index in [9.17, 15) is 9.59 Å². The number of hydrogen-bond acceptors (Lipinski definition) is 3. The van der Waals surface area contributed by atoms with Crippen LogP contribution >= 0.6 is 11.6 Å². The van der Waals surface area contributed by atoms with Crippen molar-refractivity contribution in [3.63, 3.8) is 0 Å². The van der Waals surface area contributed by atoms with Crippen LogP contribution in [0.3, 0.4) is 0 Å². The van der Waals surface area contributed by atoms with Crippen molar-refractivity contribution >= 4 is 23.4 Å². The van der Waals surface area contributed by atoms with E-state index in [1.54, 1.807) is 12.1 Å². The Kier molecular flexibility index (Phi) is 5.20. The molecule has 5 nitrogen and oxygen atoms in total. The number of amides is 2. The van der Waals surface area contributed by atoms with Crippen LogP contribution in [0.15, 0.2) is 24.3 Å². The van der Waals surface area contributed by atoms with E-state index in [2.05, 4.69) is 5.32 Å². The third-order valence-electron chi connectivity index (χ3n) is 3.21. The maximum Gasteiger partial charge on any atom is 0.312 e. The molecule has 0 spiro atoms. The maximum atomic E-state index is 12.1. The average molecular weight is 311 g/mol. The molecule has 1 N–H and O–H groups in total. The third-order valence-corrected chi connectivity index (χ3v) is 3.46. The summed E-state index contributed by atoms with van der Waals surface area (Å²) in [6.45, 7) is 4.84. The Balaban J connectivity index is 2.02. The van der Waals surface area contributed by atoms with Gasteiger partial charge in [0.1, 0.15) is 6.10 Å². The zero-order chi connectivity index (χ0) is 15.4. The minimum Gasteiger partial charge on any atom is -0.370 e. The predicted molar refractivity (Wildman–Crippen MR) is 80.0 cm³/mol. The van der Waals surface area contributed by atoms with Crippen molar-refractivity contribution in [2.45, 2.75) is 26.0 Å². The number of nitrogens with one attached hydrogen (secondary N) is 1. The molecule has 2 amide bonds. The molecule has 1 aliphatic rings. The van der Waals surface area contributed by atoms with Crippen LogP contribution in [0.25, 0.3) is 0 Å². The summed E-state index contributed by atoms with van der Waals surface area (Å²) >= 11 is 5.86. The number of morpholine rings is 1. The van der Waals surface area contributed by atoms with E-state index in [1.165, 1.54) is 4.90 Å². The first-order valence-electron chi connectivity index (χ1n) is 6.94. The predicted octanol–water partition coefficient (Wildman–Crippen LogP) is 1.76. The van der Waals surface area contributed by atoms with Crippen molar-refractivity contribution in [1.82, 2.24) is 10.2 Å². The van der Waals surface area contributed by atoms with Gasteiger partial charge in [-0.1, -0.05) is 23.7 Å². The molecule has 1 aromatic rings. The van der Waals surface area contributed by atoms with E-state index in [1.807, 2.05) is 26.0 Å². The molecular weight excluding hydrogens is 292 g/mol. The van der Waals surface area contributed by atoms with Gasteiger partial charge in [-0.25, -0.2) is 0 Å². The number of ether oxygens (including phenoxy) is 1. The van der Waals surface area contributed by atoms with E-state index < -0.39 is 11.8 Å². The zero-order valence-corrected chi connectivity index (χ0v) is 12.9. The van der Waals surface area contributed by atoms with Gasteiger partial charge in [0.25, 0.3) is 0 Å². The van der Waals surface area contributed by atoms with Gasteiger partial charge in [0, 0.05) is 17.6 Å². The van der Waals surface area contributed by atoms with Gasteiger partial charge >= 0.3 is 11.8 Å². The number of carbonyl (C=O) groups excluding carboxylic acids is 2. The second-order valence-electron chi connectivity index (χ2n) is 5.29. The molecule has 21 heavy (non-hydrogen) atoms. The lowest BCUT2D eigenvalue weighted by molar-refractivity contribution is -0.151. The second kappa shape index (κ2) is 6.91. The molecule has 1 heterocycles. The monoisotopic (exact) mass is 310 g/mol. The Morgan fingerprint density at radius 2 is 2.00 bits per heavy atom. The highest BCUT2D eigenvalue weighted by Crippen LogP contribution is 2.23. The van der Waals surface area contributed by atoms with Gasteiger partial charge in [-0.05, 0) is 31.5 Å². The molecule has 114 valence electrons. The highest BCUT2D eigenvalue weighted by molar-refractivity contribution is 6.35.